The third kappa shape index (κ3) is 3.74. The monoisotopic (exact) mass is 309 g/mol. The zero-order valence-corrected chi connectivity index (χ0v) is 9.50. The molecular weight excluding hydrogens is 300 g/mol. The molecule has 0 bridgehead atoms. The first-order valence-corrected chi connectivity index (χ1v) is 5.21. The van der Waals surface area contributed by atoms with Crippen molar-refractivity contribution in [3.8, 4) is 0 Å². The maximum atomic E-state index is 12.1. The third-order valence-electron chi connectivity index (χ3n) is 2.99. The van der Waals surface area contributed by atoms with Gasteiger partial charge in [-0.05, 0) is 12.3 Å². The molecule has 0 aromatic rings. The minimum atomic E-state index is -5.08. The molecule has 1 saturated heterocycles. The van der Waals surface area contributed by atoms with Gasteiger partial charge < -0.3 is 15.5 Å². The fourth-order valence-corrected chi connectivity index (χ4v) is 2.09. The first-order chi connectivity index (χ1) is 8.85. The summed E-state index contributed by atoms with van der Waals surface area (Å²) in [6.45, 7) is 0. The lowest BCUT2D eigenvalue weighted by molar-refractivity contribution is -0.192. The summed E-state index contributed by atoms with van der Waals surface area (Å²) >= 11 is 0. The van der Waals surface area contributed by atoms with E-state index in [9.17, 15) is 31.1 Å². The van der Waals surface area contributed by atoms with E-state index in [1.807, 2.05) is 0 Å². The molecule has 20 heavy (non-hydrogen) atoms. The van der Waals surface area contributed by atoms with Crippen molar-refractivity contribution in [2.24, 2.45) is 11.8 Å². The molecule has 0 unspecified atom stereocenters. The van der Waals surface area contributed by atoms with E-state index < -0.39 is 48.2 Å². The van der Waals surface area contributed by atoms with Crippen molar-refractivity contribution >= 4 is 11.9 Å². The van der Waals surface area contributed by atoms with Crippen LogP contribution in [-0.4, -0.2) is 46.6 Å². The highest BCUT2D eigenvalue weighted by Gasteiger charge is 2.68. The second-order valence-corrected chi connectivity index (χ2v) is 4.35. The standard InChI is InChI=1S/C7H8F3NO2.C2HF3O2/c8-7(9,10)4-2-1-3(6(12)13)11-5(2)4;3-2(4,5)1(6)7/h2-5,11H,1H2,(H,12,13);(H,6,7)/t2-,3+,4-,5-;/m1./s1. The van der Waals surface area contributed by atoms with Crippen LogP contribution in [0.2, 0.25) is 0 Å². The molecule has 0 spiro atoms. The molecule has 2 aliphatic rings. The molecule has 1 heterocycles. The highest BCUT2D eigenvalue weighted by Crippen LogP contribution is 2.55. The van der Waals surface area contributed by atoms with Crippen LogP contribution in [0.3, 0.4) is 0 Å². The fraction of sp³-hybridized carbons (Fsp3) is 0.778. The highest BCUT2D eigenvalue weighted by molar-refractivity contribution is 5.74. The zero-order chi connectivity index (χ0) is 15.9. The molecule has 116 valence electrons. The number of hydrogen-bond acceptors (Lipinski definition) is 3. The number of carbonyl (C=O) groups is 2. The average Bonchev–Trinajstić information content (AvgIpc) is 2.75. The highest BCUT2D eigenvalue weighted by atomic mass is 19.4. The van der Waals surface area contributed by atoms with Crippen LogP contribution in [0, 0.1) is 11.8 Å². The zero-order valence-electron chi connectivity index (χ0n) is 9.50. The first kappa shape index (κ1) is 16.5. The number of fused-ring (bicyclic) bond motifs is 1. The molecule has 0 aromatic carbocycles. The fourth-order valence-electron chi connectivity index (χ4n) is 2.09. The second-order valence-electron chi connectivity index (χ2n) is 4.35. The Hall–Kier alpha value is -1.52. The van der Waals surface area contributed by atoms with E-state index in [0.29, 0.717) is 0 Å². The van der Waals surface area contributed by atoms with Gasteiger partial charge in [-0.1, -0.05) is 0 Å². The average molecular weight is 309 g/mol. The molecule has 2 rings (SSSR count). The largest absolute Gasteiger partial charge is 0.490 e. The summed E-state index contributed by atoms with van der Waals surface area (Å²) in [6, 6.07) is -1.44. The lowest BCUT2D eigenvalue weighted by atomic mass is 10.1. The van der Waals surface area contributed by atoms with Gasteiger partial charge in [-0.25, -0.2) is 4.79 Å². The Bertz CT molecular complexity index is 394. The van der Waals surface area contributed by atoms with E-state index in [0.717, 1.165) is 0 Å². The molecule has 4 atom stereocenters. The van der Waals surface area contributed by atoms with Crippen molar-refractivity contribution in [2.45, 2.75) is 30.9 Å². The van der Waals surface area contributed by atoms with Gasteiger partial charge in [0.15, 0.2) is 0 Å². The molecule has 1 aliphatic carbocycles. The molecule has 0 radical (unpaired) electrons. The third-order valence-corrected chi connectivity index (χ3v) is 2.99. The van der Waals surface area contributed by atoms with Gasteiger partial charge in [0.05, 0.1) is 5.92 Å². The van der Waals surface area contributed by atoms with Gasteiger partial charge in [0.1, 0.15) is 6.04 Å². The summed E-state index contributed by atoms with van der Waals surface area (Å²) in [5.74, 6) is -5.65. The normalized spacial score (nSPS) is 31.9. The Kier molecular flexibility index (Phi) is 4.22. The van der Waals surface area contributed by atoms with Crippen molar-refractivity contribution < 1.29 is 46.1 Å². The Morgan fingerprint density at radius 1 is 1.05 bits per heavy atom. The predicted molar refractivity (Wildman–Crippen MR) is 49.7 cm³/mol. The van der Waals surface area contributed by atoms with E-state index in [4.69, 9.17) is 15.0 Å². The van der Waals surface area contributed by atoms with Crippen LogP contribution in [0.5, 0.6) is 0 Å². The van der Waals surface area contributed by atoms with Crippen molar-refractivity contribution in [3.63, 3.8) is 0 Å². The van der Waals surface area contributed by atoms with E-state index >= 15 is 0 Å². The van der Waals surface area contributed by atoms with Crippen LogP contribution in [0.4, 0.5) is 26.3 Å². The molecule has 0 aromatic heterocycles. The summed E-state index contributed by atoms with van der Waals surface area (Å²) in [4.78, 5) is 19.3. The number of halogens is 6. The van der Waals surface area contributed by atoms with E-state index in [1.54, 1.807) is 0 Å². The summed E-state index contributed by atoms with van der Waals surface area (Å²) in [6.07, 6.45) is -9.16. The number of nitrogens with one attached hydrogen (secondary N) is 1. The number of piperidine rings is 1. The molecule has 11 heteroatoms. The van der Waals surface area contributed by atoms with Crippen LogP contribution in [0.25, 0.3) is 0 Å². The van der Waals surface area contributed by atoms with E-state index in [-0.39, 0.29) is 6.42 Å². The molecule has 5 nitrogen and oxygen atoms in total. The molecular formula is C9H9F6NO4. The summed E-state index contributed by atoms with van der Waals surface area (Å²) < 4.78 is 68.0. The number of aliphatic carboxylic acids is 2. The van der Waals surface area contributed by atoms with Gasteiger partial charge in [0, 0.05) is 6.04 Å². The van der Waals surface area contributed by atoms with Gasteiger partial charge in [-0.3, -0.25) is 4.79 Å². The van der Waals surface area contributed by atoms with Crippen molar-refractivity contribution in [2.75, 3.05) is 0 Å². The van der Waals surface area contributed by atoms with Gasteiger partial charge in [0.25, 0.3) is 0 Å². The SMILES string of the molecule is O=C(O)C(F)(F)F.O=C(O)[C@@H]1C[C@H]2[C@@H](N1)[C@@H]2C(F)(F)F. The number of carboxylic acid groups (broad SMARTS) is 2. The maximum absolute atomic E-state index is 12.1. The molecule has 0 amide bonds. The van der Waals surface area contributed by atoms with Crippen LogP contribution in [-0.2, 0) is 9.59 Å². The van der Waals surface area contributed by atoms with Crippen LogP contribution in [0.1, 0.15) is 6.42 Å². The summed E-state index contributed by atoms with van der Waals surface area (Å²) in [7, 11) is 0. The predicted octanol–water partition coefficient (Wildman–Crippen LogP) is 1.24. The van der Waals surface area contributed by atoms with Crippen LogP contribution < -0.4 is 5.32 Å². The van der Waals surface area contributed by atoms with Crippen molar-refractivity contribution in [1.82, 2.24) is 5.32 Å². The van der Waals surface area contributed by atoms with Gasteiger partial charge >= 0.3 is 24.3 Å². The van der Waals surface area contributed by atoms with Gasteiger partial charge in [-0.15, -0.1) is 0 Å². The smallest absolute Gasteiger partial charge is 0.480 e. The van der Waals surface area contributed by atoms with E-state index in [1.165, 1.54) is 0 Å². The lowest BCUT2D eigenvalue weighted by Crippen LogP contribution is -2.37. The quantitative estimate of drug-likeness (QED) is 0.635. The Balaban J connectivity index is 0.000000246. The van der Waals surface area contributed by atoms with E-state index in [2.05, 4.69) is 5.32 Å². The number of alkyl halides is 6. The lowest BCUT2D eigenvalue weighted by Gasteiger charge is -2.12. The van der Waals surface area contributed by atoms with Crippen LogP contribution >= 0.6 is 0 Å². The summed E-state index contributed by atoms with van der Waals surface area (Å²) in [5.41, 5.74) is 0. The molecule has 1 saturated carbocycles. The van der Waals surface area contributed by atoms with Crippen LogP contribution in [0.15, 0.2) is 0 Å². The topological polar surface area (TPSA) is 86.6 Å². The molecule has 2 fully saturated rings. The van der Waals surface area contributed by atoms with Crippen molar-refractivity contribution in [3.05, 3.63) is 0 Å². The minimum absolute atomic E-state index is 0.101. The second kappa shape index (κ2) is 5.11. The maximum Gasteiger partial charge on any atom is 0.490 e. The Morgan fingerprint density at radius 2 is 1.50 bits per heavy atom. The number of carboxylic acids is 2. The number of rotatable bonds is 1. The molecule has 1 aliphatic heterocycles. The first-order valence-electron chi connectivity index (χ1n) is 5.21. The van der Waals surface area contributed by atoms with Crippen molar-refractivity contribution in [1.29, 1.82) is 0 Å². The van der Waals surface area contributed by atoms with Gasteiger partial charge in [-0.2, -0.15) is 26.3 Å². The molecule has 3 N–H and O–H groups in total. The number of hydrogen-bond donors (Lipinski definition) is 3. The summed E-state index contributed by atoms with van der Waals surface area (Å²) in [5, 5.41) is 18.1. The Morgan fingerprint density at radius 3 is 1.70 bits per heavy atom. The minimum Gasteiger partial charge on any atom is -0.480 e. The Labute approximate surface area is 107 Å². The van der Waals surface area contributed by atoms with Gasteiger partial charge in [0.2, 0.25) is 0 Å².